The van der Waals surface area contributed by atoms with E-state index in [0.717, 1.165) is 28.3 Å². The Bertz CT molecular complexity index is 618. The van der Waals surface area contributed by atoms with Gasteiger partial charge in [0.1, 0.15) is 0 Å². The van der Waals surface area contributed by atoms with Gasteiger partial charge in [-0.25, -0.2) is 0 Å². The highest BCUT2D eigenvalue weighted by atomic mass is 32.1. The van der Waals surface area contributed by atoms with Gasteiger partial charge in [0.2, 0.25) is 0 Å². The average Bonchev–Trinajstić information content (AvgIpc) is 3.08. The number of benzene rings is 1. The molecule has 1 atom stereocenters. The number of likely N-dealkylation sites (tertiary alicyclic amines) is 1. The molecule has 1 fully saturated rings. The summed E-state index contributed by atoms with van der Waals surface area (Å²) < 4.78 is 0. The molecule has 1 aromatic heterocycles. The van der Waals surface area contributed by atoms with E-state index in [0.29, 0.717) is 6.54 Å². The van der Waals surface area contributed by atoms with Crippen LogP contribution in [0.4, 0.5) is 0 Å². The first-order valence-electron chi connectivity index (χ1n) is 6.85. The summed E-state index contributed by atoms with van der Waals surface area (Å²) in [6.45, 7) is 3.53. The molecule has 1 amide bonds. The third kappa shape index (κ3) is 2.62. The molecule has 4 heteroatoms. The van der Waals surface area contributed by atoms with Crippen LogP contribution in [0.2, 0.25) is 0 Å². The maximum absolute atomic E-state index is 12.4. The molecule has 3 rings (SSSR count). The first-order chi connectivity index (χ1) is 9.63. The molecule has 0 aliphatic carbocycles. The molecule has 1 unspecified atom stereocenters. The molecule has 0 spiro atoms. The SMILES string of the molecule is Cc1ccc(-c2ccc(C(=O)N3CCC(N)C3)s2)cc1. The van der Waals surface area contributed by atoms with E-state index in [1.54, 1.807) is 11.3 Å². The Kier molecular flexibility index (Phi) is 3.59. The monoisotopic (exact) mass is 286 g/mol. The summed E-state index contributed by atoms with van der Waals surface area (Å²) >= 11 is 1.56. The van der Waals surface area contributed by atoms with Crippen LogP contribution >= 0.6 is 11.3 Å². The standard InChI is InChI=1S/C16H18N2OS/c1-11-2-4-12(5-3-11)14-6-7-15(20-14)16(19)18-9-8-13(17)10-18/h2-7,13H,8-10,17H2,1H3. The summed E-state index contributed by atoms with van der Waals surface area (Å²) in [6.07, 6.45) is 0.905. The van der Waals surface area contributed by atoms with Crippen LogP contribution in [-0.2, 0) is 0 Å². The largest absolute Gasteiger partial charge is 0.336 e. The minimum atomic E-state index is 0.112. The molecule has 1 saturated heterocycles. The Morgan fingerprint density at radius 3 is 2.65 bits per heavy atom. The summed E-state index contributed by atoms with van der Waals surface area (Å²) in [5.74, 6) is 0.112. The van der Waals surface area contributed by atoms with Gasteiger partial charge in [0, 0.05) is 24.0 Å². The van der Waals surface area contributed by atoms with Crippen molar-refractivity contribution in [2.24, 2.45) is 5.73 Å². The van der Waals surface area contributed by atoms with Gasteiger partial charge in [0.25, 0.3) is 5.91 Å². The van der Waals surface area contributed by atoms with Crippen molar-refractivity contribution in [3.63, 3.8) is 0 Å². The minimum absolute atomic E-state index is 0.112. The van der Waals surface area contributed by atoms with E-state index in [9.17, 15) is 4.79 Å². The van der Waals surface area contributed by atoms with Gasteiger partial charge in [-0.15, -0.1) is 11.3 Å². The number of aryl methyl sites for hydroxylation is 1. The summed E-state index contributed by atoms with van der Waals surface area (Å²) in [4.78, 5) is 16.2. The zero-order chi connectivity index (χ0) is 14.1. The van der Waals surface area contributed by atoms with Crippen molar-refractivity contribution >= 4 is 17.2 Å². The molecule has 20 heavy (non-hydrogen) atoms. The van der Waals surface area contributed by atoms with E-state index in [1.807, 2.05) is 17.0 Å². The van der Waals surface area contributed by atoms with Crippen molar-refractivity contribution in [1.29, 1.82) is 0 Å². The van der Waals surface area contributed by atoms with E-state index in [2.05, 4.69) is 31.2 Å². The maximum Gasteiger partial charge on any atom is 0.263 e. The van der Waals surface area contributed by atoms with Crippen molar-refractivity contribution in [3.8, 4) is 10.4 Å². The van der Waals surface area contributed by atoms with E-state index in [4.69, 9.17) is 5.73 Å². The molecule has 0 saturated carbocycles. The highest BCUT2D eigenvalue weighted by Crippen LogP contribution is 2.29. The topological polar surface area (TPSA) is 46.3 Å². The van der Waals surface area contributed by atoms with Crippen molar-refractivity contribution in [3.05, 3.63) is 46.8 Å². The van der Waals surface area contributed by atoms with Crippen LogP contribution in [0.15, 0.2) is 36.4 Å². The first kappa shape index (κ1) is 13.3. The van der Waals surface area contributed by atoms with Crippen molar-refractivity contribution in [2.45, 2.75) is 19.4 Å². The predicted octanol–water partition coefficient (Wildman–Crippen LogP) is 2.90. The van der Waals surface area contributed by atoms with Gasteiger partial charge in [-0.2, -0.15) is 0 Å². The van der Waals surface area contributed by atoms with Gasteiger partial charge in [0.15, 0.2) is 0 Å². The molecule has 2 heterocycles. The molecule has 2 aromatic rings. The summed E-state index contributed by atoms with van der Waals surface area (Å²) in [5.41, 5.74) is 8.27. The Balaban J connectivity index is 1.79. The van der Waals surface area contributed by atoms with Crippen LogP contribution < -0.4 is 5.73 Å². The molecular weight excluding hydrogens is 268 g/mol. The average molecular weight is 286 g/mol. The highest BCUT2D eigenvalue weighted by Gasteiger charge is 2.25. The van der Waals surface area contributed by atoms with E-state index >= 15 is 0 Å². The molecule has 1 aromatic carbocycles. The lowest BCUT2D eigenvalue weighted by Gasteiger charge is -2.14. The molecule has 0 radical (unpaired) electrons. The number of rotatable bonds is 2. The fraction of sp³-hybridized carbons (Fsp3) is 0.312. The quantitative estimate of drug-likeness (QED) is 0.922. The molecule has 2 N–H and O–H groups in total. The second-order valence-electron chi connectivity index (χ2n) is 5.33. The zero-order valence-corrected chi connectivity index (χ0v) is 12.3. The fourth-order valence-corrected chi connectivity index (χ4v) is 3.43. The molecule has 0 bridgehead atoms. The molecule has 104 valence electrons. The molecule has 1 aliphatic rings. The van der Waals surface area contributed by atoms with Gasteiger partial charge in [-0.3, -0.25) is 4.79 Å². The first-order valence-corrected chi connectivity index (χ1v) is 7.67. The Labute approximate surface area is 123 Å². The van der Waals surface area contributed by atoms with Crippen molar-refractivity contribution in [2.75, 3.05) is 13.1 Å². The number of hydrogen-bond donors (Lipinski definition) is 1. The van der Waals surface area contributed by atoms with Crippen molar-refractivity contribution < 1.29 is 4.79 Å². The van der Waals surface area contributed by atoms with Crippen LogP contribution in [0, 0.1) is 6.92 Å². The second kappa shape index (κ2) is 5.38. The van der Waals surface area contributed by atoms with Gasteiger partial charge < -0.3 is 10.6 Å². The molecule has 1 aliphatic heterocycles. The molecule has 3 nitrogen and oxygen atoms in total. The normalized spacial score (nSPS) is 18.5. The van der Waals surface area contributed by atoms with Gasteiger partial charge in [-0.05, 0) is 31.0 Å². The Hall–Kier alpha value is -1.65. The fourth-order valence-electron chi connectivity index (χ4n) is 2.45. The number of thiophene rings is 1. The third-order valence-corrected chi connectivity index (χ3v) is 4.79. The summed E-state index contributed by atoms with van der Waals surface area (Å²) in [6, 6.07) is 12.5. The van der Waals surface area contributed by atoms with Gasteiger partial charge in [-0.1, -0.05) is 29.8 Å². The van der Waals surface area contributed by atoms with Gasteiger partial charge >= 0.3 is 0 Å². The van der Waals surface area contributed by atoms with Crippen LogP contribution in [-0.4, -0.2) is 29.9 Å². The van der Waals surface area contributed by atoms with Crippen LogP contribution in [0.25, 0.3) is 10.4 Å². The van der Waals surface area contributed by atoms with Crippen molar-refractivity contribution in [1.82, 2.24) is 4.90 Å². The number of hydrogen-bond acceptors (Lipinski definition) is 3. The number of carbonyl (C=O) groups excluding carboxylic acids is 1. The Morgan fingerprint density at radius 1 is 1.25 bits per heavy atom. The van der Waals surface area contributed by atoms with E-state index in [-0.39, 0.29) is 11.9 Å². The highest BCUT2D eigenvalue weighted by molar-refractivity contribution is 7.17. The smallest absolute Gasteiger partial charge is 0.263 e. The lowest BCUT2D eigenvalue weighted by molar-refractivity contribution is 0.0795. The number of amides is 1. The number of nitrogens with zero attached hydrogens (tertiary/aromatic N) is 1. The maximum atomic E-state index is 12.4. The van der Waals surface area contributed by atoms with E-state index in [1.165, 1.54) is 5.56 Å². The minimum Gasteiger partial charge on any atom is -0.336 e. The third-order valence-electron chi connectivity index (χ3n) is 3.66. The zero-order valence-electron chi connectivity index (χ0n) is 11.5. The Morgan fingerprint density at radius 2 is 2.00 bits per heavy atom. The lowest BCUT2D eigenvalue weighted by atomic mass is 10.1. The van der Waals surface area contributed by atoms with Crippen LogP contribution in [0.1, 0.15) is 21.7 Å². The van der Waals surface area contributed by atoms with Crippen LogP contribution in [0.5, 0.6) is 0 Å². The van der Waals surface area contributed by atoms with Gasteiger partial charge in [0.05, 0.1) is 4.88 Å². The number of nitrogens with two attached hydrogens (primary N) is 1. The predicted molar refractivity (Wildman–Crippen MR) is 83.0 cm³/mol. The van der Waals surface area contributed by atoms with Crippen LogP contribution in [0.3, 0.4) is 0 Å². The number of carbonyl (C=O) groups is 1. The second-order valence-corrected chi connectivity index (χ2v) is 6.41. The summed E-state index contributed by atoms with van der Waals surface area (Å²) in [5, 5.41) is 0. The lowest BCUT2D eigenvalue weighted by Crippen LogP contribution is -2.31. The van der Waals surface area contributed by atoms with E-state index < -0.39 is 0 Å². The molecular formula is C16H18N2OS. The summed E-state index contributed by atoms with van der Waals surface area (Å²) in [7, 11) is 0.